The molecule has 2 amide bonds. The van der Waals surface area contributed by atoms with E-state index in [-0.39, 0.29) is 48.9 Å². The molecule has 2 N–H and O–H groups in total. The minimum absolute atomic E-state index is 0. The van der Waals surface area contributed by atoms with Crippen molar-refractivity contribution < 1.29 is 22.9 Å². The van der Waals surface area contributed by atoms with Crippen LogP contribution < -0.4 is 15.4 Å². The van der Waals surface area contributed by atoms with Gasteiger partial charge in [-0.05, 0) is 26.0 Å². The average Bonchev–Trinajstić information content (AvgIpc) is 3.30. The Kier molecular flexibility index (Phi) is 10.8. The number of carbonyl (C=O) groups is 2. The predicted octanol–water partition coefficient (Wildman–Crippen LogP) is 2.78. The van der Waals surface area contributed by atoms with E-state index in [1.807, 2.05) is 18.2 Å². The van der Waals surface area contributed by atoms with Gasteiger partial charge in [-0.2, -0.15) is 13.5 Å². The lowest BCUT2D eigenvalue weighted by atomic mass is 10.3. The van der Waals surface area contributed by atoms with E-state index in [4.69, 9.17) is 20.5 Å². The molecule has 1 aromatic rings. The number of halogens is 2. The Morgan fingerprint density at radius 3 is 2.79 bits per heavy atom. The van der Waals surface area contributed by atoms with E-state index in [9.17, 15) is 14.0 Å². The summed E-state index contributed by atoms with van der Waals surface area (Å²) in [5.74, 6) is -0.945. The molecule has 3 unspecified atom stereocenters. The molecule has 1 aliphatic heterocycles. The maximum absolute atomic E-state index is 13.3. The SMILES string of the molecule is C=C(CCNC(=O)C1C(C)N1SOCC)NC(=O)COc1ccc(Cl)c(F)c1.S. The summed E-state index contributed by atoms with van der Waals surface area (Å²) in [5.41, 5.74) is 0.445. The highest BCUT2D eigenvalue weighted by Gasteiger charge is 2.50. The van der Waals surface area contributed by atoms with Gasteiger partial charge < -0.3 is 19.6 Å². The third-order valence-electron chi connectivity index (χ3n) is 3.87. The molecular formula is C18H25ClFN3O4S2. The first-order chi connectivity index (χ1) is 13.3. The molecule has 0 saturated carbocycles. The van der Waals surface area contributed by atoms with Crippen LogP contribution in [-0.2, 0) is 13.8 Å². The van der Waals surface area contributed by atoms with E-state index in [0.717, 1.165) is 6.07 Å². The highest BCUT2D eigenvalue weighted by Crippen LogP contribution is 2.36. The minimum atomic E-state index is -0.622. The van der Waals surface area contributed by atoms with Gasteiger partial charge in [0.15, 0.2) is 6.61 Å². The van der Waals surface area contributed by atoms with Crippen molar-refractivity contribution in [1.82, 2.24) is 14.9 Å². The Labute approximate surface area is 186 Å². The van der Waals surface area contributed by atoms with Crippen LogP contribution in [0.1, 0.15) is 20.3 Å². The molecule has 1 heterocycles. The van der Waals surface area contributed by atoms with E-state index < -0.39 is 11.7 Å². The third-order valence-corrected chi connectivity index (χ3v) is 5.25. The first-order valence-electron chi connectivity index (χ1n) is 8.74. The maximum Gasteiger partial charge on any atom is 0.262 e. The lowest BCUT2D eigenvalue weighted by Gasteiger charge is -2.10. The molecular weight excluding hydrogens is 441 g/mol. The van der Waals surface area contributed by atoms with E-state index in [1.54, 1.807) is 0 Å². The van der Waals surface area contributed by atoms with Crippen LogP contribution in [0.15, 0.2) is 30.5 Å². The molecule has 0 radical (unpaired) electrons. The second kappa shape index (κ2) is 12.3. The van der Waals surface area contributed by atoms with Gasteiger partial charge in [0.25, 0.3) is 5.91 Å². The van der Waals surface area contributed by atoms with Crippen LogP contribution in [-0.4, -0.2) is 48.0 Å². The van der Waals surface area contributed by atoms with E-state index in [0.29, 0.717) is 25.3 Å². The molecule has 1 aliphatic rings. The van der Waals surface area contributed by atoms with E-state index >= 15 is 0 Å². The van der Waals surface area contributed by atoms with Crippen molar-refractivity contribution in [2.75, 3.05) is 19.8 Å². The van der Waals surface area contributed by atoms with Gasteiger partial charge in [0, 0.05) is 30.8 Å². The van der Waals surface area contributed by atoms with Gasteiger partial charge in [-0.1, -0.05) is 18.2 Å². The standard InChI is InChI=1S/C18H23ClFN3O4S.H2S/c1-4-27-28-23-12(3)17(23)18(25)21-8-7-11(2)22-16(24)10-26-13-5-6-14(19)15(20)9-13;/h5-6,9,12,17H,2,4,7-8,10H2,1,3H3,(H,21,25)(H,22,24);1H2. The van der Waals surface area contributed by atoms with Crippen LogP contribution in [0.5, 0.6) is 5.75 Å². The van der Waals surface area contributed by atoms with Gasteiger partial charge in [-0.3, -0.25) is 9.59 Å². The number of nitrogens with zero attached hydrogens (tertiary/aromatic N) is 1. The topological polar surface area (TPSA) is 79.7 Å². The Morgan fingerprint density at radius 1 is 1.41 bits per heavy atom. The summed E-state index contributed by atoms with van der Waals surface area (Å²) in [6, 6.07) is 3.82. The summed E-state index contributed by atoms with van der Waals surface area (Å²) in [6.07, 6.45) is 0.382. The first-order valence-corrected chi connectivity index (χ1v) is 9.82. The zero-order valence-corrected chi connectivity index (χ0v) is 18.7. The Morgan fingerprint density at radius 2 is 2.14 bits per heavy atom. The number of amides is 2. The van der Waals surface area contributed by atoms with Crippen molar-refractivity contribution in [2.24, 2.45) is 0 Å². The highest BCUT2D eigenvalue weighted by molar-refractivity contribution is 7.92. The molecule has 11 heteroatoms. The fourth-order valence-corrected chi connectivity index (χ4v) is 3.24. The fourth-order valence-electron chi connectivity index (χ4n) is 2.34. The van der Waals surface area contributed by atoms with Crippen LogP contribution in [0.4, 0.5) is 4.39 Å². The number of nitrogens with one attached hydrogen (secondary N) is 2. The summed E-state index contributed by atoms with van der Waals surface area (Å²) >= 11 is 6.78. The average molecular weight is 466 g/mol. The molecule has 0 spiro atoms. The van der Waals surface area contributed by atoms with Crippen molar-refractivity contribution in [3.8, 4) is 5.75 Å². The summed E-state index contributed by atoms with van der Waals surface area (Å²) in [7, 11) is 0. The Bertz CT molecular complexity index is 741. The maximum atomic E-state index is 13.3. The van der Waals surface area contributed by atoms with Crippen molar-refractivity contribution in [1.29, 1.82) is 0 Å². The van der Waals surface area contributed by atoms with Crippen molar-refractivity contribution in [2.45, 2.75) is 32.4 Å². The molecule has 162 valence electrons. The molecule has 3 atom stereocenters. The first kappa shape index (κ1) is 25.6. The van der Waals surface area contributed by atoms with E-state index in [2.05, 4.69) is 17.2 Å². The predicted molar refractivity (Wildman–Crippen MR) is 117 cm³/mol. The van der Waals surface area contributed by atoms with Gasteiger partial charge in [0.1, 0.15) is 17.6 Å². The van der Waals surface area contributed by atoms with Gasteiger partial charge in [-0.25, -0.2) is 8.70 Å². The molecule has 0 bridgehead atoms. The summed E-state index contributed by atoms with van der Waals surface area (Å²) < 4.78 is 25.6. The largest absolute Gasteiger partial charge is 0.484 e. The number of hydrogen-bond acceptors (Lipinski definition) is 6. The van der Waals surface area contributed by atoms with Crippen LogP contribution >= 0.6 is 37.3 Å². The number of benzene rings is 1. The van der Waals surface area contributed by atoms with Crippen LogP contribution in [0, 0.1) is 5.82 Å². The summed E-state index contributed by atoms with van der Waals surface area (Å²) in [4.78, 5) is 24.0. The number of ether oxygens (including phenoxy) is 1. The number of hydrogen-bond donors (Lipinski definition) is 2. The molecule has 1 saturated heterocycles. The van der Waals surface area contributed by atoms with Gasteiger partial charge in [-0.15, -0.1) is 0 Å². The molecule has 1 fully saturated rings. The second-order valence-electron chi connectivity index (χ2n) is 6.08. The molecule has 7 nitrogen and oxygen atoms in total. The number of carbonyl (C=O) groups excluding carboxylic acids is 2. The lowest BCUT2D eigenvalue weighted by molar-refractivity contribution is -0.122. The van der Waals surface area contributed by atoms with Gasteiger partial charge in [0.2, 0.25) is 5.91 Å². The number of rotatable bonds is 11. The monoisotopic (exact) mass is 465 g/mol. The molecule has 0 aliphatic carbocycles. The van der Waals surface area contributed by atoms with Crippen LogP contribution in [0.2, 0.25) is 5.02 Å². The summed E-state index contributed by atoms with van der Waals surface area (Å²) in [5, 5.41) is 5.36. The Balaban J connectivity index is 0.00000420. The van der Waals surface area contributed by atoms with Crippen molar-refractivity contribution >= 4 is 49.1 Å². The lowest BCUT2D eigenvalue weighted by Crippen LogP contribution is -2.33. The highest BCUT2D eigenvalue weighted by atomic mass is 35.5. The smallest absolute Gasteiger partial charge is 0.262 e. The minimum Gasteiger partial charge on any atom is -0.484 e. The second-order valence-corrected chi connectivity index (χ2v) is 7.30. The van der Waals surface area contributed by atoms with Crippen molar-refractivity contribution in [3.63, 3.8) is 0 Å². The Hall–Kier alpha value is -1.46. The van der Waals surface area contributed by atoms with Crippen molar-refractivity contribution in [3.05, 3.63) is 41.3 Å². The van der Waals surface area contributed by atoms with Gasteiger partial charge >= 0.3 is 0 Å². The summed E-state index contributed by atoms with van der Waals surface area (Å²) in [6.45, 7) is 8.20. The quantitative estimate of drug-likeness (QED) is 0.297. The normalized spacial score (nSPS) is 19.7. The van der Waals surface area contributed by atoms with E-state index in [1.165, 1.54) is 24.4 Å². The molecule has 1 aromatic carbocycles. The zero-order chi connectivity index (χ0) is 20.7. The molecule has 29 heavy (non-hydrogen) atoms. The third kappa shape index (κ3) is 8.06. The molecule has 0 aromatic heterocycles. The van der Waals surface area contributed by atoms with Gasteiger partial charge in [0.05, 0.1) is 23.9 Å². The van der Waals surface area contributed by atoms with Crippen LogP contribution in [0.25, 0.3) is 0 Å². The fraction of sp³-hybridized carbons (Fsp3) is 0.444. The molecule has 2 rings (SSSR count). The zero-order valence-electron chi connectivity index (χ0n) is 16.2. The van der Waals surface area contributed by atoms with Crippen LogP contribution in [0.3, 0.4) is 0 Å².